The van der Waals surface area contributed by atoms with E-state index in [1.165, 1.54) is 15.9 Å². The van der Waals surface area contributed by atoms with Crippen LogP contribution in [-0.4, -0.2) is 70.6 Å². The highest BCUT2D eigenvalue weighted by atomic mass is 32.1. The number of carbonyl (C=O) groups excluding carboxylic acids is 1. The molecular weight excluding hydrogens is 430 g/mol. The predicted molar refractivity (Wildman–Crippen MR) is 119 cm³/mol. The quantitative estimate of drug-likeness (QED) is 0.674. The second kappa shape index (κ2) is 8.07. The minimum Gasteiger partial charge on any atom is -0.347 e. The van der Waals surface area contributed by atoms with Crippen molar-refractivity contribution in [1.29, 1.82) is 0 Å². The summed E-state index contributed by atoms with van der Waals surface area (Å²) in [5, 5.41) is 5.42. The van der Waals surface area contributed by atoms with Gasteiger partial charge in [0.15, 0.2) is 5.79 Å². The van der Waals surface area contributed by atoms with E-state index in [9.17, 15) is 9.59 Å². The first-order valence-corrected chi connectivity index (χ1v) is 12.7. The number of anilines is 1. The fourth-order valence-electron chi connectivity index (χ4n) is 5.55. The number of aryl methyl sites for hydroxylation is 1. The molecule has 4 aliphatic rings. The fraction of sp³-hybridized carbons (Fsp3) is 0.727. The summed E-state index contributed by atoms with van der Waals surface area (Å²) in [7, 11) is 0. The summed E-state index contributed by atoms with van der Waals surface area (Å²) in [6.45, 7) is 4.15. The Hall–Kier alpha value is -2.04. The van der Waals surface area contributed by atoms with Crippen LogP contribution in [-0.2, 0) is 27.1 Å². The summed E-state index contributed by atoms with van der Waals surface area (Å²) < 4.78 is 13.1. The molecule has 6 rings (SSSR count). The molecule has 1 spiro atoms. The first-order chi connectivity index (χ1) is 15.6. The third-order valence-corrected chi connectivity index (χ3v) is 8.33. The molecule has 2 aromatic rings. The van der Waals surface area contributed by atoms with Crippen LogP contribution in [0.1, 0.15) is 49.8 Å². The van der Waals surface area contributed by atoms with Crippen molar-refractivity contribution < 1.29 is 14.3 Å². The van der Waals surface area contributed by atoms with E-state index in [-0.39, 0.29) is 17.4 Å². The first kappa shape index (κ1) is 20.6. The van der Waals surface area contributed by atoms with Crippen molar-refractivity contribution in [3.63, 3.8) is 0 Å². The minimum absolute atomic E-state index is 0.0181. The van der Waals surface area contributed by atoms with Crippen LogP contribution >= 0.6 is 11.3 Å². The molecule has 1 atom stereocenters. The lowest BCUT2D eigenvalue weighted by molar-refractivity contribution is -0.188. The van der Waals surface area contributed by atoms with E-state index in [1.807, 2.05) is 4.90 Å². The van der Waals surface area contributed by atoms with Gasteiger partial charge < -0.3 is 19.3 Å². The van der Waals surface area contributed by atoms with Crippen LogP contribution in [0.5, 0.6) is 0 Å². The van der Waals surface area contributed by atoms with Gasteiger partial charge in [-0.05, 0) is 38.5 Å². The number of amides is 1. The molecule has 9 nitrogen and oxygen atoms in total. The number of piperidine rings is 2. The van der Waals surface area contributed by atoms with Gasteiger partial charge >= 0.3 is 0 Å². The van der Waals surface area contributed by atoms with Gasteiger partial charge in [0.25, 0.3) is 5.56 Å². The number of hydrogen-bond acceptors (Lipinski definition) is 8. The Balaban J connectivity index is 1.17. The lowest BCUT2D eigenvalue weighted by Gasteiger charge is -2.40. The molecule has 0 bridgehead atoms. The largest absolute Gasteiger partial charge is 0.347 e. The zero-order valence-electron chi connectivity index (χ0n) is 18.3. The van der Waals surface area contributed by atoms with Gasteiger partial charge in [0.2, 0.25) is 16.0 Å². The maximum Gasteiger partial charge on any atom is 0.278 e. The number of hydrogen-bond donors (Lipinski definition) is 0. The Morgan fingerprint density at radius 2 is 1.84 bits per heavy atom. The molecule has 2 aromatic heterocycles. The summed E-state index contributed by atoms with van der Waals surface area (Å²) in [6.07, 6.45) is 7.12. The minimum atomic E-state index is -0.462. The Morgan fingerprint density at radius 3 is 2.66 bits per heavy atom. The van der Waals surface area contributed by atoms with Gasteiger partial charge in [0, 0.05) is 44.6 Å². The maximum absolute atomic E-state index is 13.3. The highest BCUT2D eigenvalue weighted by Crippen LogP contribution is 2.33. The lowest BCUT2D eigenvalue weighted by atomic mass is 9.95. The fourth-order valence-corrected chi connectivity index (χ4v) is 6.50. The van der Waals surface area contributed by atoms with E-state index < -0.39 is 5.79 Å². The molecule has 1 amide bonds. The summed E-state index contributed by atoms with van der Waals surface area (Å²) in [5.74, 6) is -0.293. The number of ether oxygens (including phenoxy) is 2. The van der Waals surface area contributed by atoms with Gasteiger partial charge in [0.05, 0.1) is 24.8 Å². The number of carbonyl (C=O) groups is 1. The van der Waals surface area contributed by atoms with Crippen molar-refractivity contribution in [2.45, 2.75) is 57.2 Å². The van der Waals surface area contributed by atoms with Gasteiger partial charge in [-0.3, -0.25) is 9.59 Å². The molecule has 172 valence electrons. The summed E-state index contributed by atoms with van der Waals surface area (Å²) in [4.78, 5) is 35.7. The van der Waals surface area contributed by atoms with E-state index in [0.717, 1.165) is 74.3 Å². The van der Waals surface area contributed by atoms with Crippen LogP contribution < -0.4 is 10.5 Å². The van der Waals surface area contributed by atoms with E-state index in [4.69, 9.17) is 14.5 Å². The summed E-state index contributed by atoms with van der Waals surface area (Å²) >= 11 is 1.46. The molecule has 3 aliphatic heterocycles. The third kappa shape index (κ3) is 3.52. The highest BCUT2D eigenvalue weighted by Gasteiger charge is 2.42. The van der Waals surface area contributed by atoms with Crippen LogP contribution in [0.3, 0.4) is 0 Å². The first-order valence-electron chi connectivity index (χ1n) is 11.9. The number of fused-ring (bicyclic) bond motifs is 2. The smallest absolute Gasteiger partial charge is 0.278 e. The molecule has 0 N–H and O–H groups in total. The molecule has 0 radical (unpaired) electrons. The maximum atomic E-state index is 13.3. The lowest BCUT2D eigenvalue weighted by Crippen LogP contribution is -2.51. The van der Waals surface area contributed by atoms with Crippen LogP contribution in [0, 0.1) is 5.92 Å². The van der Waals surface area contributed by atoms with Gasteiger partial charge in [-0.2, -0.15) is 4.52 Å². The van der Waals surface area contributed by atoms with Gasteiger partial charge in [-0.25, -0.2) is 4.98 Å². The van der Waals surface area contributed by atoms with Gasteiger partial charge in [0.1, 0.15) is 0 Å². The Kier molecular flexibility index (Phi) is 5.19. The molecular formula is C22H29N5O4S. The number of likely N-dealkylation sites (tertiary alicyclic amines) is 1. The van der Waals surface area contributed by atoms with Crippen molar-refractivity contribution in [3.8, 4) is 0 Å². The average Bonchev–Trinajstić information content (AvgIpc) is 3.47. The number of rotatable bonds is 2. The topological polar surface area (TPSA) is 89.3 Å². The normalized spacial score (nSPS) is 25.4. The third-order valence-electron chi connectivity index (χ3n) is 7.36. The van der Waals surface area contributed by atoms with E-state index in [2.05, 4.69) is 10.00 Å². The van der Waals surface area contributed by atoms with Crippen molar-refractivity contribution in [3.05, 3.63) is 21.6 Å². The Morgan fingerprint density at radius 1 is 1.06 bits per heavy atom. The summed E-state index contributed by atoms with van der Waals surface area (Å²) in [6, 6.07) is 0. The molecule has 5 heterocycles. The number of aromatic nitrogens is 3. The molecule has 1 aliphatic carbocycles. The molecule has 10 heteroatoms. The van der Waals surface area contributed by atoms with Crippen molar-refractivity contribution in [2.75, 3.05) is 44.3 Å². The van der Waals surface area contributed by atoms with Gasteiger partial charge in [-0.15, -0.1) is 5.10 Å². The van der Waals surface area contributed by atoms with Crippen molar-refractivity contribution in [1.82, 2.24) is 19.5 Å². The van der Waals surface area contributed by atoms with Crippen molar-refractivity contribution >= 4 is 27.3 Å². The second-order valence-electron chi connectivity index (χ2n) is 9.35. The Bertz CT molecular complexity index is 1080. The monoisotopic (exact) mass is 459 g/mol. The van der Waals surface area contributed by atoms with Crippen LogP contribution in [0.15, 0.2) is 4.79 Å². The average molecular weight is 460 g/mol. The molecule has 3 fully saturated rings. The van der Waals surface area contributed by atoms with Gasteiger partial charge in [-0.1, -0.05) is 11.3 Å². The zero-order valence-corrected chi connectivity index (χ0v) is 19.1. The van der Waals surface area contributed by atoms with Crippen LogP contribution in [0.2, 0.25) is 0 Å². The summed E-state index contributed by atoms with van der Waals surface area (Å²) in [5.41, 5.74) is 1.76. The van der Waals surface area contributed by atoms with E-state index in [0.29, 0.717) is 37.8 Å². The standard InChI is InChI=1S/C22H29N5O4S/c28-18(25-10-7-22(8-11-25)30-12-13-31-22)15-4-3-9-26(14-15)21-24-27-19(29)16-5-1-2-6-17(16)23-20(27)32-21/h15H,1-14H2/t15-/m0/s1. The molecule has 32 heavy (non-hydrogen) atoms. The van der Waals surface area contributed by atoms with Crippen LogP contribution in [0.4, 0.5) is 5.13 Å². The second-order valence-corrected chi connectivity index (χ2v) is 10.3. The predicted octanol–water partition coefficient (Wildman–Crippen LogP) is 1.61. The molecule has 0 unspecified atom stereocenters. The van der Waals surface area contributed by atoms with Crippen molar-refractivity contribution in [2.24, 2.45) is 5.92 Å². The molecule has 3 saturated heterocycles. The van der Waals surface area contributed by atoms with E-state index in [1.54, 1.807) is 0 Å². The molecule has 0 saturated carbocycles. The number of nitrogens with zero attached hydrogens (tertiary/aromatic N) is 5. The molecule has 0 aromatic carbocycles. The Labute approximate surface area is 190 Å². The van der Waals surface area contributed by atoms with E-state index >= 15 is 0 Å². The SMILES string of the molecule is O=C([C@H]1CCCN(c2nn3c(=O)c4c(nc3s2)CCCC4)C1)N1CCC2(CC1)OCCO2. The zero-order chi connectivity index (χ0) is 21.7. The highest BCUT2D eigenvalue weighted by molar-refractivity contribution is 7.20. The van der Waals surface area contributed by atoms with Crippen LogP contribution in [0.25, 0.3) is 4.96 Å².